The van der Waals surface area contributed by atoms with Gasteiger partial charge in [-0.25, -0.2) is 0 Å². The van der Waals surface area contributed by atoms with Crippen molar-refractivity contribution in [3.63, 3.8) is 0 Å². The lowest BCUT2D eigenvalue weighted by Gasteiger charge is -1.90. The van der Waals surface area contributed by atoms with Crippen LogP contribution in [0.25, 0.3) is 0 Å². The van der Waals surface area contributed by atoms with Crippen LogP contribution < -0.4 is 0 Å². The van der Waals surface area contributed by atoms with Crippen LogP contribution in [0.1, 0.15) is 72.5 Å². The van der Waals surface area contributed by atoms with Gasteiger partial charge in [-0.05, 0) is 44.9 Å². The van der Waals surface area contributed by atoms with Crippen LogP contribution in [0.5, 0.6) is 0 Å². The second-order valence-corrected chi connectivity index (χ2v) is 5.28. The van der Waals surface area contributed by atoms with Crippen molar-refractivity contribution in [1.82, 2.24) is 0 Å². The number of carboxylic acids is 1. The van der Waals surface area contributed by atoms with E-state index in [0.717, 1.165) is 25.7 Å². The molecule has 0 amide bonds. The molecule has 2 nitrogen and oxygen atoms in total. The molecule has 0 aromatic heterocycles. The fourth-order valence-corrected chi connectivity index (χ4v) is 1.87. The van der Waals surface area contributed by atoms with Crippen LogP contribution in [0.3, 0.4) is 0 Å². The zero-order valence-electron chi connectivity index (χ0n) is 15.0. The van der Waals surface area contributed by atoms with E-state index in [1.54, 1.807) is 0 Å². The minimum Gasteiger partial charge on any atom is -0.481 e. The third-order valence-corrected chi connectivity index (χ3v) is 3.14. The highest BCUT2D eigenvalue weighted by atomic mass is 16.4. The van der Waals surface area contributed by atoms with E-state index in [-0.39, 0.29) is 6.42 Å². The molecule has 0 atom stereocenters. The van der Waals surface area contributed by atoms with Crippen LogP contribution in [0.2, 0.25) is 0 Å². The summed E-state index contributed by atoms with van der Waals surface area (Å²) < 4.78 is 7.83. The first-order valence-corrected chi connectivity index (χ1v) is 8.49. The molecule has 0 fully saturated rings. The molecule has 22 heavy (non-hydrogen) atoms. The maximum atomic E-state index is 10.3. The molecule has 0 saturated heterocycles. The van der Waals surface area contributed by atoms with Gasteiger partial charge < -0.3 is 5.11 Å². The number of allylic oxidation sites excluding steroid dienone is 8. The van der Waals surface area contributed by atoms with Crippen molar-refractivity contribution in [3.8, 4) is 0 Å². The first kappa shape index (κ1) is 18.5. The third-order valence-electron chi connectivity index (χ3n) is 3.14. The Labute approximate surface area is 137 Å². The third kappa shape index (κ3) is 18.4. The zero-order chi connectivity index (χ0) is 17.2. The van der Waals surface area contributed by atoms with E-state index >= 15 is 0 Å². The lowest BCUT2D eigenvalue weighted by atomic mass is 10.2. The fourth-order valence-electron chi connectivity index (χ4n) is 1.87. The average molecular weight is 305 g/mol. The van der Waals surface area contributed by atoms with Gasteiger partial charge in [-0.2, -0.15) is 0 Å². The van der Waals surface area contributed by atoms with Gasteiger partial charge in [-0.15, -0.1) is 0 Å². The van der Waals surface area contributed by atoms with Crippen molar-refractivity contribution < 1.29 is 11.3 Å². The first-order chi connectivity index (χ1) is 11.2. The molecule has 0 bridgehead atoms. The number of hydrogen-bond acceptors (Lipinski definition) is 1. The molecular formula is C20H32O2. The summed E-state index contributed by atoms with van der Waals surface area (Å²) in [6.45, 7) is 2.21. The summed E-state index contributed by atoms with van der Waals surface area (Å²) in [6, 6.07) is 0.657. The molecule has 0 radical (unpaired) electrons. The molecule has 0 unspecified atom stereocenters. The summed E-state index contributed by atoms with van der Waals surface area (Å²) in [5.41, 5.74) is 0. The lowest BCUT2D eigenvalue weighted by molar-refractivity contribution is -0.137. The van der Waals surface area contributed by atoms with Crippen molar-refractivity contribution in [2.45, 2.75) is 71.1 Å². The van der Waals surface area contributed by atoms with Crippen molar-refractivity contribution in [2.75, 3.05) is 0 Å². The van der Waals surface area contributed by atoms with Gasteiger partial charge >= 0.3 is 5.97 Å². The summed E-state index contributed by atoms with van der Waals surface area (Å²) in [5, 5.41) is 8.50. The van der Waals surface area contributed by atoms with Crippen molar-refractivity contribution in [3.05, 3.63) is 48.6 Å². The van der Waals surface area contributed by atoms with Crippen LogP contribution in [-0.4, -0.2) is 11.1 Å². The van der Waals surface area contributed by atoms with Crippen LogP contribution in [0.4, 0.5) is 0 Å². The van der Waals surface area contributed by atoms with Crippen LogP contribution in [-0.2, 0) is 4.79 Å². The van der Waals surface area contributed by atoms with E-state index in [4.69, 9.17) is 6.48 Å². The van der Waals surface area contributed by atoms with Crippen LogP contribution in [0, 0.1) is 0 Å². The van der Waals surface area contributed by atoms with Crippen LogP contribution in [0.15, 0.2) is 48.6 Å². The SMILES string of the molecule is [2H]/C(=C/C/C=C\CCCCC)C/C=C\C/C=C\CCCC(=O)O. The molecule has 0 aromatic carbocycles. The summed E-state index contributed by atoms with van der Waals surface area (Å²) in [4.78, 5) is 10.3. The molecule has 0 saturated carbocycles. The highest BCUT2D eigenvalue weighted by Gasteiger charge is 1.92. The van der Waals surface area contributed by atoms with E-state index in [2.05, 4.69) is 25.2 Å². The smallest absolute Gasteiger partial charge is 0.303 e. The molecule has 0 aliphatic carbocycles. The topological polar surface area (TPSA) is 37.3 Å². The largest absolute Gasteiger partial charge is 0.481 e. The van der Waals surface area contributed by atoms with Gasteiger partial charge in [-0.1, -0.05) is 68.3 Å². The van der Waals surface area contributed by atoms with Gasteiger partial charge in [0.2, 0.25) is 0 Å². The number of carboxylic acid groups (broad SMARTS) is 1. The minimum atomic E-state index is -0.733. The Morgan fingerprint density at radius 3 is 2.14 bits per heavy atom. The Morgan fingerprint density at radius 1 is 0.864 bits per heavy atom. The van der Waals surface area contributed by atoms with E-state index in [1.807, 2.05) is 24.3 Å². The van der Waals surface area contributed by atoms with E-state index < -0.39 is 5.97 Å². The number of carbonyl (C=O) groups is 1. The Balaban J connectivity index is 3.62. The average Bonchev–Trinajstić information content (AvgIpc) is 2.52. The fraction of sp³-hybridized carbons (Fsp3) is 0.550. The highest BCUT2D eigenvalue weighted by molar-refractivity contribution is 5.66. The van der Waals surface area contributed by atoms with Crippen molar-refractivity contribution >= 4 is 5.97 Å². The van der Waals surface area contributed by atoms with Crippen LogP contribution >= 0.6 is 0 Å². The maximum Gasteiger partial charge on any atom is 0.303 e. The zero-order valence-corrected chi connectivity index (χ0v) is 14.0. The molecule has 0 spiro atoms. The second-order valence-electron chi connectivity index (χ2n) is 5.28. The molecule has 0 rings (SSSR count). The molecule has 1 N–H and O–H groups in total. The summed E-state index contributed by atoms with van der Waals surface area (Å²) in [7, 11) is 0. The van der Waals surface area contributed by atoms with Gasteiger partial charge in [0, 0.05) is 6.42 Å². The molecule has 0 aliphatic rings. The van der Waals surface area contributed by atoms with Gasteiger partial charge in [-0.3, -0.25) is 4.79 Å². The monoisotopic (exact) mass is 305 g/mol. The lowest BCUT2D eigenvalue weighted by Crippen LogP contribution is -1.92. The molecule has 124 valence electrons. The maximum absolute atomic E-state index is 10.3. The Morgan fingerprint density at radius 2 is 1.45 bits per heavy atom. The Kier molecular flexibility index (Phi) is 14.7. The van der Waals surface area contributed by atoms with Gasteiger partial charge in [0.15, 0.2) is 0 Å². The predicted molar refractivity (Wildman–Crippen MR) is 96.0 cm³/mol. The first-order valence-electron chi connectivity index (χ1n) is 8.99. The number of unbranched alkanes of at least 4 members (excludes halogenated alkanes) is 4. The predicted octanol–water partition coefficient (Wildman–Crippen LogP) is 6.22. The minimum absolute atomic E-state index is 0.236. The standard InChI is InChI=1S/C20H32O2/c1-2-3-4-5-6-7-8-9-10-11-12-13-14-15-16-17-18-19-20(21)22/h6-7,9-10,12-13,15-16H,2-5,8,11,14,17-19H2,1H3,(H,21,22)/b7-6-,10-9-,13-12-,16-15-/i10D. The highest BCUT2D eigenvalue weighted by Crippen LogP contribution is 2.01. The molecule has 0 aromatic rings. The summed E-state index contributed by atoms with van der Waals surface area (Å²) >= 11 is 0. The quantitative estimate of drug-likeness (QED) is 0.306. The van der Waals surface area contributed by atoms with E-state index in [1.165, 1.54) is 19.3 Å². The molecular weight excluding hydrogens is 272 g/mol. The van der Waals surface area contributed by atoms with E-state index in [0.29, 0.717) is 18.9 Å². The number of rotatable bonds is 14. The number of hydrogen-bond donors (Lipinski definition) is 1. The molecule has 0 aliphatic heterocycles. The summed E-state index contributed by atoms with van der Waals surface area (Å²) in [5.74, 6) is -0.733. The van der Waals surface area contributed by atoms with E-state index in [9.17, 15) is 4.79 Å². The van der Waals surface area contributed by atoms with Gasteiger partial charge in [0.25, 0.3) is 0 Å². The van der Waals surface area contributed by atoms with Crippen molar-refractivity contribution in [1.29, 1.82) is 0 Å². The second kappa shape index (κ2) is 17.5. The summed E-state index contributed by atoms with van der Waals surface area (Å²) in [6.07, 6.45) is 23.5. The number of aliphatic carboxylic acids is 1. The molecule has 0 heterocycles. The normalized spacial score (nSPS) is 13.5. The molecule has 2 heteroatoms. The van der Waals surface area contributed by atoms with Gasteiger partial charge in [0.1, 0.15) is 0 Å². The Hall–Kier alpha value is -1.57. The Bertz CT molecular complexity index is 406. The van der Waals surface area contributed by atoms with Gasteiger partial charge in [0.05, 0.1) is 1.37 Å². The van der Waals surface area contributed by atoms with Crippen molar-refractivity contribution in [2.24, 2.45) is 0 Å².